The summed E-state index contributed by atoms with van der Waals surface area (Å²) in [4.78, 5) is 30.3. The average molecular weight is 497 g/mol. The van der Waals surface area contributed by atoms with Crippen LogP contribution in [0.2, 0.25) is 0 Å². The molecule has 0 saturated carbocycles. The van der Waals surface area contributed by atoms with Gasteiger partial charge in [-0.3, -0.25) is 14.5 Å². The zero-order chi connectivity index (χ0) is 25.8. The van der Waals surface area contributed by atoms with Crippen LogP contribution < -0.4 is 9.47 Å². The molecule has 36 heavy (non-hydrogen) atoms. The first-order valence-electron chi connectivity index (χ1n) is 12.0. The van der Waals surface area contributed by atoms with E-state index in [9.17, 15) is 19.8 Å². The van der Waals surface area contributed by atoms with Crippen molar-refractivity contribution in [1.29, 1.82) is 0 Å². The Morgan fingerprint density at radius 2 is 1.75 bits per heavy atom. The van der Waals surface area contributed by atoms with Gasteiger partial charge < -0.3 is 29.3 Å². The zero-order valence-electron chi connectivity index (χ0n) is 20.8. The monoisotopic (exact) mass is 496 g/mol. The summed E-state index contributed by atoms with van der Waals surface area (Å²) >= 11 is 0. The molecule has 1 unspecified atom stereocenters. The van der Waals surface area contributed by atoms with Gasteiger partial charge >= 0.3 is 0 Å². The maximum Gasteiger partial charge on any atom is 0.295 e. The molecule has 9 heteroatoms. The first-order valence-corrected chi connectivity index (χ1v) is 12.0. The molecular formula is C27H32N2O7. The summed E-state index contributed by atoms with van der Waals surface area (Å²) in [6.07, 6.45) is 0.645. The minimum absolute atomic E-state index is 0.0699. The lowest BCUT2D eigenvalue weighted by molar-refractivity contribution is -0.140. The molecule has 4 rings (SSSR count). The molecule has 0 bridgehead atoms. The Hall–Kier alpha value is -3.56. The fourth-order valence-corrected chi connectivity index (χ4v) is 4.75. The first-order chi connectivity index (χ1) is 17.3. The molecule has 0 spiro atoms. The van der Waals surface area contributed by atoms with E-state index < -0.39 is 23.5 Å². The van der Waals surface area contributed by atoms with Gasteiger partial charge in [0.25, 0.3) is 11.7 Å². The van der Waals surface area contributed by atoms with Crippen molar-refractivity contribution < 1.29 is 34.0 Å². The minimum Gasteiger partial charge on any atom is -0.507 e. The molecule has 0 radical (unpaired) electrons. The molecule has 0 aliphatic carbocycles. The number of phenolic OH excluding ortho intramolecular Hbond substituents is 1. The maximum absolute atomic E-state index is 13.3. The van der Waals surface area contributed by atoms with Crippen molar-refractivity contribution in [3.05, 3.63) is 58.7 Å². The third kappa shape index (κ3) is 5.03. The lowest BCUT2D eigenvalue weighted by Crippen LogP contribution is -2.39. The SMILES string of the molecule is COc1ccc(C2C(=C(O)c3cc(C)ccc3O)C(=O)C(=O)N2CCCN2CCOCC2)cc1OC. The number of rotatable bonds is 8. The zero-order valence-corrected chi connectivity index (χ0v) is 20.8. The van der Waals surface area contributed by atoms with E-state index in [4.69, 9.17) is 14.2 Å². The van der Waals surface area contributed by atoms with Gasteiger partial charge in [-0.25, -0.2) is 0 Å². The summed E-state index contributed by atoms with van der Waals surface area (Å²) in [7, 11) is 3.03. The van der Waals surface area contributed by atoms with Gasteiger partial charge in [0.1, 0.15) is 11.5 Å². The van der Waals surface area contributed by atoms with Crippen LogP contribution in [0.4, 0.5) is 0 Å². The largest absolute Gasteiger partial charge is 0.507 e. The number of aliphatic hydroxyl groups is 1. The standard InChI is InChI=1S/C27H32N2O7/c1-17-5-7-20(30)19(15-17)25(31)23-24(18-6-8-21(34-2)22(16-18)35-3)29(27(33)26(23)32)10-4-9-28-11-13-36-14-12-28/h5-8,15-16,24,30-31H,4,9-14H2,1-3H3. The van der Waals surface area contributed by atoms with Gasteiger partial charge in [-0.2, -0.15) is 0 Å². The fourth-order valence-electron chi connectivity index (χ4n) is 4.75. The molecule has 2 aromatic carbocycles. The summed E-state index contributed by atoms with van der Waals surface area (Å²) in [5, 5.41) is 21.7. The topological polar surface area (TPSA) is 109 Å². The van der Waals surface area contributed by atoms with Crippen molar-refractivity contribution in [2.45, 2.75) is 19.4 Å². The Kier molecular flexibility index (Phi) is 7.81. The number of carbonyl (C=O) groups is 2. The summed E-state index contributed by atoms with van der Waals surface area (Å²) in [5.74, 6) is -1.13. The number of methoxy groups -OCH3 is 2. The summed E-state index contributed by atoms with van der Waals surface area (Å²) < 4.78 is 16.2. The number of aromatic hydroxyl groups is 1. The van der Waals surface area contributed by atoms with Gasteiger partial charge in [0, 0.05) is 26.2 Å². The number of aryl methyl sites for hydroxylation is 1. The Morgan fingerprint density at radius 3 is 2.44 bits per heavy atom. The number of ether oxygens (including phenoxy) is 3. The average Bonchev–Trinajstić information content (AvgIpc) is 3.15. The van der Waals surface area contributed by atoms with E-state index in [2.05, 4.69) is 4.90 Å². The molecule has 192 valence electrons. The number of aliphatic hydroxyl groups excluding tert-OH is 1. The number of nitrogens with zero attached hydrogens (tertiary/aromatic N) is 2. The normalized spacial score (nSPS) is 20.1. The van der Waals surface area contributed by atoms with Gasteiger partial charge in [0.2, 0.25) is 0 Å². The molecule has 0 aromatic heterocycles. The van der Waals surface area contributed by atoms with Crippen molar-refractivity contribution >= 4 is 17.4 Å². The molecule has 2 aromatic rings. The summed E-state index contributed by atoms with van der Waals surface area (Å²) in [5.41, 5.74) is 1.41. The highest BCUT2D eigenvalue weighted by Gasteiger charge is 2.46. The Bertz CT molecular complexity index is 1170. The van der Waals surface area contributed by atoms with Crippen LogP contribution in [0.15, 0.2) is 42.0 Å². The fraction of sp³-hybridized carbons (Fsp3) is 0.407. The van der Waals surface area contributed by atoms with E-state index >= 15 is 0 Å². The third-order valence-electron chi connectivity index (χ3n) is 6.65. The van der Waals surface area contributed by atoms with E-state index in [1.807, 2.05) is 6.92 Å². The van der Waals surface area contributed by atoms with Crippen LogP contribution in [0.25, 0.3) is 5.76 Å². The number of benzene rings is 2. The number of hydrogen-bond donors (Lipinski definition) is 2. The van der Waals surface area contributed by atoms with Crippen molar-refractivity contribution in [3.8, 4) is 17.2 Å². The molecule has 9 nitrogen and oxygen atoms in total. The highest BCUT2D eigenvalue weighted by molar-refractivity contribution is 6.46. The molecule has 1 amide bonds. The smallest absolute Gasteiger partial charge is 0.295 e. The molecular weight excluding hydrogens is 464 g/mol. The second kappa shape index (κ2) is 11.0. The Labute approximate surface area is 210 Å². The van der Waals surface area contributed by atoms with Crippen molar-refractivity contribution in [1.82, 2.24) is 9.80 Å². The second-order valence-electron chi connectivity index (χ2n) is 8.94. The summed E-state index contributed by atoms with van der Waals surface area (Å²) in [6, 6.07) is 9.03. The molecule has 2 aliphatic rings. The van der Waals surface area contributed by atoms with E-state index in [-0.39, 0.29) is 16.9 Å². The van der Waals surface area contributed by atoms with Gasteiger partial charge in [-0.1, -0.05) is 17.7 Å². The summed E-state index contributed by atoms with van der Waals surface area (Å²) in [6.45, 7) is 5.88. The molecule has 2 N–H and O–H groups in total. The lowest BCUT2D eigenvalue weighted by Gasteiger charge is -2.29. The van der Waals surface area contributed by atoms with E-state index in [0.717, 1.165) is 25.2 Å². The van der Waals surface area contributed by atoms with Crippen molar-refractivity contribution in [2.75, 3.05) is 53.6 Å². The first kappa shape index (κ1) is 25.5. The third-order valence-corrected chi connectivity index (χ3v) is 6.65. The number of phenols is 1. The van der Waals surface area contributed by atoms with Gasteiger partial charge in [0.15, 0.2) is 11.5 Å². The van der Waals surface area contributed by atoms with Crippen LogP contribution >= 0.6 is 0 Å². The predicted octanol–water partition coefficient (Wildman–Crippen LogP) is 2.86. The number of carbonyl (C=O) groups excluding carboxylic acids is 2. The van der Waals surface area contributed by atoms with Crippen LogP contribution in [0.5, 0.6) is 17.2 Å². The van der Waals surface area contributed by atoms with Gasteiger partial charge in [-0.15, -0.1) is 0 Å². The van der Waals surface area contributed by atoms with Crippen LogP contribution in [-0.4, -0.2) is 85.3 Å². The maximum atomic E-state index is 13.3. The van der Waals surface area contributed by atoms with E-state index in [0.29, 0.717) is 43.2 Å². The molecule has 2 fully saturated rings. The van der Waals surface area contributed by atoms with Gasteiger partial charge in [0.05, 0.1) is 44.6 Å². The highest BCUT2D eigenvalue weighted by Crippen LogP contribution is 2.43. The van der Waals surface area contributed by atoms with Gasteiger partial charge in [-0.05, 0) is 43.2 Å². The number of likely N-dealkylation sites (tertiary alicyclic amines) is 1. The van der Waals surface area contributed by atoms with E-state index in [1.54, 1.807) is 30.3 Å². The van der Waals surface area contributed by atoms with Crippen LogP contribution in [-0.2, 0) is 14.3 Å². The Balaban J connectivity index is 1.75. The van der Waals surface area contributed by atoms with Crippen LogP contribution in [0.1, 0.15) is 29.2 Å². The number of ketones is 1. The van der Waals surface area contributed by atoms with E-state index in [1.165, 1.54) is 25.2 Å². The number of Topliss-reactive ketones (excluding diaryl/α,β-unsaturated/α-hetero) is 1. The van der Waals surface area contributed by atoms with Crippen LogP contribution in [0.3, 0.4) is 0 Å². The number of morpholine rings is 1. The number of amides is 1. The lowest BCUT2D eigenvalue weighted by atomic mass is 9.94. The predicted molar refractivity (Wildman–Crippen MR) is 133 cm³/mol. The minimum atomic E-state index is -0.852. The molecule has 2 aliphatic heterocycles. The molecule has 1 atom stereocenters. The quantitative estimate of drug-likeness (QED) is 0.326. The van der Waals surface area contributed by atoms with Crippen LogP contribution in [0, 0.1) is 6.92 Å². The highest BCUT2D eigenvalue weighted by atomic mass is 16.5. The second-order valence-corrected chi connectivity index (χ2v) is 8.94. The van der Waals surface area contributed by atoms with Crippen molar-refractivity contribution in [3.63, 3.8) is 0 Å². The molecule has 2 saturated heterocycles. The Morgan fingerprint density at radius 1 is 1.03 bits per heavy atom. The number of hydrogen-bond acceptors (Lipinski definition) is 8. The molecule has 2 heterocycles. The van der Waals surface area contributed by atoms with Crippen molar-refractivity contribution in [2.24, 2.45) is 0 Å².